The van der Waals surface area contributed by atoms with Gasteiger partial charge in [0.25, 0.3) is 0 Å². The monoisotopic (exact) mass is 271 g/mol. The van der Waals surface area contributed by atoms with E-state index in [1.807, 2.05) is 0 Å². The zero-order valence-corrected chi connectivity index (χ0v) is 9.76. The lowest BCUT2D eigenvalue weighted by Gasteiger charge is -2.07. The number of hydrogen-bond donors (Lipinski definition) is 0. The zero-order chi connectivity index (χ0) is 11.1. The van der Waals surface area contributed by atoms with Crippen LogP contribution in [-0.4, -0.2) is 11.9 Å². The van der Waals surface area contributed by atoms with E-state index in [1.165, 1.54) is 12.1 Å². The fourth-order valence-electron chi connectivity index (χ4n) is 1.11. The van der Waals surface area contributed by atoms with Crippen LogP contribution in [0, 0.1) is 17.1 Å². The van der Waals surface area contributed by atoms with E-state index >= 15 is 0 Å². The number of hydrogen-bond acceptors (Lipinski definition) is 2. The molecule has 0 aliphatic heterocycles. The Morgan fingerprint density at radius 3 is 2.87 bits per heavy atom. The minimum Gasteiger partial charge on any atom is -0.492 e. The predicted octanol–water partition coefficient (Wildman–Crippen LogP) is 3.25. The summed E-state index contributed by atoms with van der Waals surface area (Å²) in [5.41, 5.74) is -0.0173. The summed E-state index contributed by atoms with van der Waals surface area (Å²) < 4.78 is 18.4. The number of benzene rings is 1. The molecule has 0 saturated carbocycles. The second-order valence-corrected chi connectivity index (χ2v) is 3.76. The van der Waals surface area contributed by atoms with Crippen LogP contribution in [0.5, 0.6) is 5.75 Å². The maximum Gasteiger partial charge on any atom is 0.144 e. The van der Waals surface area contributed by atoms with E-state index in [0.29, 0.717) is 12.4 Å². The average molecular weight is 272 g/mol. The van der Waals surface area contributed by atoms with Crippen LogP contribution in [0.4, 0.5) is 4.39 Å². The van der Waals surface area contributed by atoms with Crippen molar-refractivity contribution in [3.63, 3.8) is 0 Å². The SMILES string of the molecule is N#Cc1c(F)cccc1OCCCCBr. The molecule has 1 aromatic rings. The van der Waals surface area contributed by atoms with Crippen molar-refractivity contribution in [1.29, 1.82) is 5.26 Å². The Bertz CT molecular complexity index is 362. The molecule has 0 atom stereocenters. The van der Waals surface area contributed by atoms with Crippen molar-refractivity contribution in [3.8, 4) is 11.8 Å². The minimum atomic E-state index is -0.532. The van der Waals surface area contributed by atoms with Gasteiger partial charge in [-0.25, -0.2) is 4.39 Å². The summed E-state index contributed by atoms with van der Waals surface area (Å²) in [5, 5.41) is 9.65. The van der Waals surface area contributed by atoms with Crippen LogP contribution in [0.2, 0.25) is 0 Å². The number of ether oxygens (including phenoxy) is 1. The molecule has 0 unspecified atom stereocenters. The lowest BCUT2D eigenvalue weighted by Crippen LogP contribution is -2.00. The number of rotatable bonds is 5. The molecule has 4 heteroatoms. The highest BCUT2D eigenvalue weighted by Gasteiger charge is 2.07. The molecule has 0 aliphatic carbocycles. The number of alkyl halides is 1. The summed E-state index contributed by atoms with van der Waals surface area (Å²) in [6.45, 7) is 0.504. The lowest BCUT2D eigenvalue weighted by atomic mass is 10.2. The van der Waals surface area contributed by atoms with Crippen molar-refractivity contribution in [2.24, 2.45) is 0 Å². The summed E-state index contributed by atoms with van der Waals surface area (Å²) in [7, 11) is 0. The lowest BCUT2D eigenvalue weighted by molar-refractivity contribution is 0.307. The van der Waals surface area contributed by atoms with E-state index in [2.05, 4.69) is 15.9 Å². The number of nitriles is 1. The van der Waals surface area contributed by atoms with Gasteiger partial charge < -0.3 is 4.74 Å². The normalized spacial score (nSPS) is 9.67. The van der Waals surface area contributed by atoms with Crippen LogP contribution in [0.25, 0.3) is 0 Å². The molecule has 15 heavy (non-hydrogen) atoms. The smallest absolute Gasteiger partial charge is 0.144 e. The summed E-state index contributed by atoms with van der Waals surface area (Å²) in [6, 6.07) is 6.19. The highest BCUT2D eigenvalue weighted by molar-refractivity contribution is 9.09. The fraction of sp³-hybridized carbons (Fsp3) is 0.364. The van der Waals surface area contributed by atoms with Crippen molar-refractivity contribution in [3.05, 3.63) is 29.6 Å². The first-order chi connectivity index (χ1) is 7.29. The topological polar surface area (TPSA) is 33.0 Å². The molecule has 0 aliphatic rings. The molecule has 0 amide bonds. The first-order valence-corrected chi connectivity index (χ1v) is 5.79. The van der Waals surface area contributed by atoms with Crippen LogP contribution in [-0.2, 0) is 0 Å². The standard InChI is InChI=1S/C11H11BrFNO/c12-6-1-2-7-15-11-5-3-4-10(13)9(11)8-14/h3-5H,1-2,6-7H2. The number of halogens is 2. The third kappa shape index (κ3) is 3.52. The first kappa shape index (κ1) is 12.0. The van der Waals surface area contributed by atoms with E-state index in [-0.39, 0.29) is 5.56 Å². The van der Waals surface area contributed by atoms with E-state index in [0.717, 1.165) is 18.2 Å². The van der Waals surface area contributed by atoms with Crippen LogP contribution in [0.15, 0.2) is 18.2 Å². The number of nitrogens with zero attached hydrogens (tertiary/aromatic N) is 1. The fourth-order valence-corrected chi connectivity index (χ4v) is 1.51. The Hall–Kier alpha value is -1.08. The van der Waals surface area contributed by atoms with Crippen LogP contribution < -0.4 is 4.74 Å². The van der Waals surface area contributed by atoms with Gasteiger partial charge in [0.1, 0.15) is 23.2 Å². The summed E-state index contributed by atoms with van der Waals surface area (Å²) in [6.07, 6.45) is 1.88. The molecule has 1 aromatic carbocycles. The second kappa shape index (κ2) is 6.41. The Morgan fingerprint density at radius 1 is 1.40 bits per heavy atom. The molecule has 0 radical (unpaired) electrons. The van der Waals surface area contributed by atoms with Gasteiger partial charge in [-0.05, 0) is 25.0 Å². The van der Waals surface area contributed by atoms with Gasteiger partial charge in [-0.3, -0.25) is 0 Å². The second-order valence-electron chi connectivity index (χ2n) is 2.97. The summed E-state index contributed by atoms with van der Waals surface area (Å²) in [5.74, 6) is -0.206. The zero-order valence-electron chi connectivity index (χ0n) is 8.17. The maximum atomic E-state index is 13.1. The Labute approximate surface area is 96.8 Å². The van der Waals surface area contributed by atoms with E-state index in [9.17, 15) is 4.39 Å². The summed E-state index contributed by atoms with van der Waals surface area (Å²) >= 11 is 3.31. The van der Waals surface area contributed by atoms with Gasteiger partial charge in [0, 0.05) is 5.33 Å². The van der Waals surface area contributed by atoms with E-state index in [1.54, 1.807) is 12.1 Å². The van der Waals surface area contributed by atoms with Gasteiger partial charge >= 0.3 is 0 Å². The van der Waals surface area contributed by atoms with Gasteiger partial charge in [-0.2, -0.15) is 5.26 Å². The Kier molecular flexibility index (Phi) is 5.13. The molecule has 80 valence electrons. The van der Waals surface area contributed by atoms with Gasteiger partial charge in [0.15, 0.2) is 0 Å². The van der Waals surface area contributed by atoms with Crippen LogP contribution in [0.1, 0.15) is 18.4 Å². The molecular formula is C11H11BrFNO. The molecule has 0 bridgehead atoms. The molecule has 0 saturated heterocycles. The molecule has 0 spiro atoms. The molecule has 0 aromatic heterocycles. The van der Waals surface area contributed by atoms with Gasteiger partial charge in [0.2, 0.25) is 0 Å². The minimum absolute atomic E-state index is 0.0173. The molecule has 0 fully saturated rings. The van der Waals surface area contributed by atoms with Gasteiger partial charge in [0.05, 0.1) is 6.61 Å². The summed E-state index contributed by atoms with van der Waals surface area (Å²) in [4.78, 5) is 0. The highest BCUT2D eigenvalue weighted by Crippen LogP contribution is 2.20. The molecule has 0 N–H and O–H groups in total. The maximum absolute atomic E-state index is 13.1. The quantitative estimate of drug-likeness (QED) is 0.609. The van der Waals surface area contributed by atoms with Crippen molar-refractivity contribution in [2.75, 3.05) is 11.9 Å². The van der Waals surface area contributed by atoms with Gasteiger partial charge in [-0.1, -0.05) is 22.0 Å². The Balaban J connectivity index is 2.61. The molecule has 2 nitrogen and oxygen atoms in total. The van der Waals surface area contributed by atoms with E-state index in [4.69, 9.17) is 10.00 Å². The first-order valence-electron chi connectivity index (χ1n) is 4.67. The third-order valence-electron chi connectivity index (χ3n) is 1.87. The Morgan fingerprint density at radius 2 is 2.20 bits per heavy atom. The third-order valence-corrected chi connectivity index (χ3v) is 2.43. The van der Waals surface area contributed by atoms with E-state index < -0.39 is 5.82 Å². The van der Waals surface area contributed by atoms with Crippen molar-refractivity contribution >= 4 is 15.9 Å². The van der Waals surface area contributed by atoms with Crippen LogP contribution >= 0.6 is 15.9 Å². The van der Waals surface area contributed by atoms with Crippen LogP contribution in [0.3, 0.4) is 0 Å². The number of unbranched alkanes of at least 4 members (excludes halogenated alkanes) is 1. The van der Waals surface area contributed by atoms with Gasteiger partial charge in [-0.15, -0.1) is 0 Å². The van der Waals surface area contributed by atoms with Crippen molar-refractivity contribution < 1.29 is 9.13 Å². The molecular weight excluding hydrogens is 261 g/mol. The molecule has 0 heterocycles. The molecule has 1 rings (SSSR count). The van der Waals surface area contributed by atoms with Crippen molar-refractivity contribution in [1.82, 2.24) is 0 Å². The highest BCUT2D eigenvalue weighted by atomic mass is 79.9. The average Bonchev–Trinajstić information content (AvgIpc) is 2.24. The largest absolute Gasteiger partial charge is 0.492 e. The van der Waals surface area contributed by atoms with Crippen molar-refractivity contribution in [2.45, 2.75) is 12.8 Å². The predicted molar refractivity (Wildman–Crippen MR) is 59.6 cm³/mol.